The highest BCUT2D eigenvalue weighted by atomic mass is 15.3. The van der Waals surface area contributed by atoms with Crippen molar-refractivity contribution in [3.05, 3.63) is 47.8 Å². The van der Waals surface area contributed by atoms with Gasteiger partial charge in [-0.2, -0.15) is 5.10 Å². The Morgan fingerprint density at radius 2 is 1.96 bits per heavy atom. The van der Waals surface area contributed by atoms with E-state index in [2.05, 4.69) is 55.3 Å². The van der Waals surface area contributed by atoms with Gasteiger partial charge in [0.05, 0.1) is 19.1 Å². The summed E-state index contributed by atoms with van der Waals surface area (Å²) < 4.78 is 6.26. The lowest BCUT2D eigenvalue weighted by molar-refractivity contribution is 0.200. The van der Waals surface area contributed by atoms with E-state index in [0.717, 1.165) is 50.7 Å². The first-order chi connectivity index (χ1) is 13.2. The molecule has 0 saturated carbocycles. The molecule has 0 aromatic carbocycles. The van der Waals surface area contributed by atoms with Gasteiger partial charge < -0.3 is 9.13 Å². The largest absolute Gasteiger partial charge is 0.330 e. The fourth-order valence-corrected chi connectivity index (χ4v) is 3.96. The lowest BCUT2D eigenvalue weighted by Gasteiger charge is -2.31. The molecule has 1 aliphatic rings. The average molecular weight is 368 g/mol. The Morgan fingerprint density at radius 1 is 1.15 bits per heavy atom. The van der Waals surface area contributed by atoms with Gasteiger partial charge in [0.15, 0.2) is 5.82 Å². The van der Waals surface area contributed by atoms with Crippen molar-refractivity contribution in [3.63, 3.8) is 0 Å². The number of hydrogen-bond acceptors (Lipinski definition) is 5. The van der Waals surface area contributed by atoms with Gasteiger partial charge in [-0.05, 0) is 39.8 Å². The molecule has 0 unspecified atom stereocenters. The van der Waals surface area contributed by atoms with Crippen molar-refractivity contribution >= 4 is 0 Å². The van der Waals surface area contributed by atoms with E-state index in [-0.39, 0.29) is 0 Å². The van der Waals surface area contributed by atoms with E-state index in [4.69, 9.17) is 0 Å². The zero-order valence-corrected chi connectivity index (χ0v) is 16.4. The molecule has 1 fully saturated rings. The molecular formula is C19H28N8. The minimum absolute atomic E-state index is 0.481. The highest BCUT2D eigenvalue weighted by molar-refractivity contribution is 5.16. The maximum Gasteiger partial charge on any atom is 0.152 e. The molecular weight excluding hydrogens is 340 g/mol. The third-order valence-electron chi connectivity index (χ3n) is 5.73. The minimum atomic E-state index is 0.481. The summed E-state index contributed by atoms with van der Waals surface area (Å²) in [6, 6.07) is 0. The number of imidazole rings is 1. The first kappa shape index (κ1) is 17.9. The summed E-state index contributed by atoms with van der Waals surface area (Å²) in [6.45, 7) is 9.11. The number of aryl methyl sites for hydroxylation is 1. The number of nitrogens with zero attached hydrogens (tertiary/aromatic N) is 8. The van der Waals surface area contributed by atoms with E-state index >= 15 is 0 Å². The molecule has 4 heterocycles. The van der Waals surface area contributed by atoms with Crippen molar-refractivity contribution in [3.8, 4) is 0 Å². The Kier molecular flexibility index (Phi) is 5.07. The maximum atomic E-state index is 4.50. The van der Waals surface area contributed by atoms with Crippen LogP contribution in [-0.4, -0.2) is 52.1 Å². The van der Waals surface area contributed by atoms with E-state index in [9.17, 15) is 0 Å². The molecule has 3 aromatic rings. The normalized spacial score (nSPS) is 16.3. The van der Waals surface area contributed by atoms with Crippen LogP contribution >= 0.6 is 0 Å². The lowest BCUT2D eigenvalue weighted by atomic mass is 9.95. The average Bonchev–Trinajstić information content (AvgIpc) is 3.40. The molecule has 0 aliphatic carbocycles. The predicted octanol–water partition coefficient (Wildman–Crippen LogP) is 1.96. The second kappa shape index (κ2) is 7.64. The number of likely N-dealkylation sites (tertiary alicyclic amines) is 1. The lowest BCUT2D eigenvalue weighted by Crippen LogP contribution is -2.33. The van der Waals surface area contributed by atoms with E-state index in [1.807, 2.05) is 23.3 Å². The van der Waals surface area contributed by atoms with Crippen molar-refractivity contribution in [2.75, 3.05) is 13.1 Å². The Labute approximate surface area is 159 Å². The van der Waals surface area contributed by atoms with Crippen LogP contribution in [-0.2, 0) is 26.7 Å². The van der Waals surface area contributed by atoms with Gasteiger partial charge in [-0.25, -0.2) is 4.98 Å². The summed E-state index contributed by atoms with van der Waals surface area (Å²) in [7, 11) is 2.08. The maximum absolute atomic E-state index is 4.50. The summed E-state index contributed by atoms with van der Waals surface area (Å²) >= 11 is 0. The molecule has 0 bridgehead atoms. The molecule has 1 saturated heterocycles. The molecule has 0 amide bonds. The van der Waals surface area contributed by atoms with Crippen molar-refractivity contribution in [1.29, 1.82) is 0 Å². The topological polar surface area (TPSA) is 69.6 Å². The highest BCUT2D eigenvalue weighted by Crippen LogP contribution is 2.28. The van der Waals surface area contributed by atoms with E-state index in [0.29, 0.717) is 12.5 Å². The molecule has 8 heteroatoms. The van der Waals surface area contributed by atoms with Gasteiger partial charge in [0.25, 0.3) is 0 Å². The molecule has 8 nitrogen and oxygen atoms in total. The fraction of sp³-hybridized carbons (Fsp3) is 0.579. The van der Waals surface area contributed by atoms with Crippen LogP contribution in [0.15, 0.2) is 24.9 Å². The molecule has 0 spiro atoms. The number of piperidine rings is 1. The van der Waals surface area contributed by atoms with Crippen LogP contribution in [0.5, 0.6) is 0 Å². The van der Waals surface area contributed by atoms with Crippen molar-refractivity contribution in [2.45, 2.75) is 52.2 Å². The summed E-state index contributed by atoms with van der Waals surface area (Å²) in [5.41, 5.74) is 2.63. The molecule has 0 N–H and O–H groups in total. The van der Waals surface area contributed by atoms with Gasteiger partial charge in [-0.1, -0.05) is 0 Å². The standard InChI is InChI=1S/C19H28N8/c1-4-27-15(2)17(11-21-27)12-25-8-5-16(6-9-25)19-23-22-18(24(19)3)13-26-10-7-20-14-26/h7,10-11,14,16H,4-6,8-9,12-13H2,1-3H3. The van der Waals surface area contributed by atoms with Crippen LogP contribution in [0.2, 0.25) is 0 Å². The van der Waals surface area contributed by atoms with Crippen LogP contribution in [0.4, 0.5) is 0 Å². The zero-order valence-electron chi connectivity index (χ0n) is 16.4. The predicted molar refractivity (Wildman–Crippen MR) is 102 cm³/mol. The van der Waals surface area contributed by atoms with Crippen LogP contribution in [0.3, 0.4) is 0 Å². The second-order valence-electron chi connectivity index (χ2n) is 7.39. The molecule has 0 atom stereocenters. The smallest absolute Gasteiger partial charge is 0.152 e. The monoisotopic (exact) mass is 368 g/mol. The SMILES string of the molecule is CCn1ncc(CN2CCC(c3nnc(Cn4ccnc4)n3C)CC2)c1C. The Bertz CT molecular complexity index is 868. The third-order valence-corrected chi connectivity index (χ3v) is 5.73. The van der Waals surface area contributed by atoms with E-state index in [1.165, 1.54) is 11.3 Å². The first-order valence-electron chi connectivity index (χ1n) is 9.73. The van der Waals surface area contributed by atoms with Gasteiger partial charge in [0.1, 0.15) is 5.82 Å². The summed E-state index contributed by atoms with van der Waals surface area (Å²) in [4.78, 5) is 6.63. The summed E-state index contributed by atoms with van der Waals surface area (Å²) in [5, 5.41) is 13.4. The molecule has 1 aliphatic heterocycles. The highest BCUT2D eigenvalue weighted by Gasteiger charge is 2.25. The molecule has 27 heavy (non-hydrogen) atoms. The van der Waals surface area contributed by atoms with Gasteiger partial charge >= 0.3 is 0 Å². The molecule has 3 aromatic heterocycles. The third kappa shape index (κ3) is 3.66. The first-order valence-corrected chi connectivity index (χ1v) is 9.73. The van der Waals surface area contributed by atoms with Crippen molar-refractivity contribution in [1.82, 2.24) is 39.0 Å². The fourth-order valence-electron chi connectivity index (χ4n) is 3.96. The van der Waals surface area contributed by atoms with Gasteiger partial charge in [-0.15, -0.1) is 10.2 Å². The minimum Gasteiger partial charge on any atom is -0.330 e. The number of hydrogen-bond donors (Lipinski definition) is 0. The van der Waals surface area contributed by atoms with Crippen LogP contribution in [0.1, 0.15) is 48.6 Å². The van der Waals surface area contributed by atoms with Gasteiger partial charge in [0, 0.05) is 49.7 Å². The molecule has 0 radical (unpaired) electrons. The Hall–Kier alpha value is -2.48. The Balaban J connectivity index is 1.36. The Morgan fingerprint density at radius 3 is 2.63 bits per heavy atom. The quantitative estimate of drug-likeness (QED) is 0.665. The van der Waals surface area contributed by atoms with E-state index < -0.39 is 0 Å². The van der Waals surface area contributed by atoms with Crippen LogP contribution in [0.25, 0.3) is 0 Å². The molecule has 144 valence electrons. The molecule has 4 rings (SSSR count). The number of aromatic nitrogens is 7. The van der Waals surface area contributed by atoms with Crippen LogP contribution in [0, 0.1) is 6.92 Å². The second-order valence-corrected chi connectivity index (χ2v) is 7.39. The zero-order chi connectivity index (χ0) is 18.8. The van der Waals surface area contributed by atoms with Crippen molar-refractivity contribution < 1.29 is 0 Å². The summed E-state index contributed by atoms with van der Waals surface area (Å²) in [5.74, 6) is 2.57. The number of rotatable bonds is 6. The van der Waals surface area contributed by atoms with Crippen LogP contribution < -0.4 is 0 Å². The van der Waals surface area contributed by atoms with E-state index in [1.54, 1.807) is 6.20 Å². The van der Waals surface area contributed by atoms with Crippen molar-refractivity contribution in [2.24, 2.45) is 7.05 Å². The van der Waals surface area contributed by atoms with Gasteiger partial charge in [0.2, 0.25) is 0 Å². The van der Waals surface area contributed by atoms with Gasteiger partial charge in [-0.3, -0.25) is 9.58 Å². The summed E-state index contributed by atoms with van der Waals surface area (Å²) in [6.07, 6.45) is 9.83.